The van der Waals surface area contributed by atoms with Crippen LogP contribution in [0, 0.1) is 5.82 Å². The van der Waals surface area contributed by atoms with Crippen LogP contribution in [-0.4, -0.2) is 15.7 Å². The van der Waals surface area contributed by atoms with Crippen LogP contribution in [0.5, 0.6) is 0 Å². The minimum absolute atomic E-state index is 0.268. The number of hydrogen-bond acceptors (Lipinski definition) is 2. The molecule has 18 heavy (non-hydrogen) atoms. The van der Waals surface area contributed by atoms with Gasteiger partial charge in [0.25, 0.3) is 0 Å². The maximum atomic E-state index is 12.9. The Morgan fingerprint density at radius 3 is 2.50 bits per heavy atom. The van der Waals surface area contributed by atoms with Crippen molar-refractivity contribution in [3.05, 3.63) is 60.3 Å². The first-order valence-electron chi connectivity index (χ1n) is 5.46. The fourth-order valence-corrected chi connectivity index (χ4v) is 1.90. The lowest BCUT2D eigenvalue weighted by Crippen LogP contribution is -1.91. The lowest BCUT2D eigenvalue weighted by Gasteiger charge is -2.03. The van der Waals surface area contributed by atoms with Gasteiger partial charge < -0.3 is 0 Å². The van der Waals surface area contributed by atoms with Crippen molar-refractivity contribution in [3.63, 3.8) is 0 Å². The number of carbonyl (C=O) groups is 1. The number of aldehydes is 1. The van der Waals surface area contributed by atoms with Crippen molar-refractivity contribution in [3.8, 4) is 11.1 Å². The van der Waals surface area contributed by atoms with Gasteiger partial charge in [-0.2, -0.15) is 0 Å². The van der Waals surface area contributed by atoms with Gasteiger partial charge in [0.05, 0.1) is 6.20 Å². The molecule has 2 heterocycles. The molecule has 3 aromatic rings. The van der Waals surface area contributed by atoms with Crippen LogP contribution in [0.2, 0.25) is 0 Å². The van der Waals surface area contributed by atoms with E-state index in [2.05, 4.69) is 4.98 Å². The van der Waals surface area contributed by atoms with Crippen LogP contribution < -0.4 is 0 Å². The van der Waals surface area contributed by atoms with Crippen LogP contribution >= 0.6 is 0 Å². The summed E-state index contributed by atoms with van der Waals surface area (Å²) in [7, 11) is 0. The van der Waals surface area contributed by atoms with Gasteiger partial charge in [0, 0.05) is 6.20 Å². The highest BCUT2D eigenvalue weighted by molar-refractivity contribution is 5.75. The molecular weight excluding hydrogens is 231 g/mol. The summed E-state index contributed by atoms with van der Waals surface area (Å²) >= 11 is 0. The van der Waals surface area contributed by atoms with Gasteiger partial charge in [-0.3, -0.25) is 9.20 Å². The van der Waals surface area contributed by atoms with Crippen molar-refractivity contribution in [1.82, 2.24) is 9.38 Å². The smallest absolute Gasteiger partial charge is 0.168 e. The monoisotopic (exact) mass is 240 g/mol. The molecule has 0 N–H and O–H groups in total. The first-order valence-corrected chi connectivity index (χ1v) is 5.46. The summed E-state index contributed by atoms with van der Waals surface area (Å²) in [4.78, 5) is 15.0. The van der Waals surface area contributed by atoms with E-state index in [9.17, 15) is 9.18 Å². The normalized spacial score (nSPS) is 10.7. The minimum Gasteiger partial charge on any atom is -0.297 e. The highest BCUT2D eigenvalue weighted by Crippen LogP contribution is 2.20. The highest BCUT2D eigenvalue weighted by Gasteiger charge is 2.04. The number of benzene rings is 1. The number of carbonyl (C=O) groups excluding carboxylic acids is 1. The summed E-state index contributed by atoms with van der Waals surface area (Å²) in [6.07, 6.45) is 4.10. The standard InChI is InChI=1S/C14H9FN2O/c15-12-4-1-10(2-5-12)11-3-6-14-16-7-13(9-18)17(14)8-11/h1-9H. The van der Waals surface area contributed by atoms with Crippen LogP contribution in [0.1, 0.15) is 10.5 Å². The number of rotatable bonds is 2. The maximum absolute atomic E-state index is 12.9. The highest BCUT2D eigenvalue weighted by atomic mass is 19.1. The second-order valence-corrected chi connectivity index (χ2v) is 3.95. The molecule has 0 saturated heterocycles. The van der Waals surface area contributed by atoms with Gasteiger partial charge in [0.2, 0.25) is 0 Å². The Morgan fingerprint density at radius 1 is 1.06 bits per heavy atom. The molecule has 0 aliphatic rings. The van der Waals surface area contributed by atoms with Gasteiger partial charge in [-0.05, 0) is 35.4 Å². The molecule has 0 saturated carbocycles. The Morgan fingerprint density at radius 2 is 1.78 bits per heavy atom. The molecule has 0 amide bonds. The molecule has 3 nitrogen and oxygen atoms in total. The zero-order chi connectivity index (χ0) is 12.5. The first-order chi connectivity index (χ1) is 8.78. The second-order valence-electron chi connectivity index (χ2n) is 3.95. The largest absolute Gasteiger partial charge is 0.297 e. The lowest BCUT2D eigenvalue weighted by molar-refractivity contribution is 0.111. The molecule has 0 aliphatic heterocycles. The van der Waals surface area contributed by atoms with Crippen molar-refractivity contribution < 1.29 is 9.18 Å². The molecular formula is C14H9FN2O. The summed E-state index contributed by atoms with van der Waals surface area (Å²) in [5.74, 6) is -0.268. The zero-order valence-corrected chi connectivity index (χ0v) is 9.38. The molecule has 0 radical (unpaired) electrons. The van der Waals surface area contributed by atoms with Gasteiger partial charge in [0.15, 0.2) is 6.29 Å². The average molecular weight is 240 g/mol. The molecule has 3 rings (SSSR count). The quantitative estimate of drug-likeness (QED) is 0.645. The first kappa shape index (κ1) is 10.7. The Labute approximate surface area is 103 Å². The molecule has 0 bridgehead atoms. The number of nitrogens with zero attached hydrogens (tertiary/aromatic N) is 2. The van der Waals surface area contributed by atoms with Gasteiger partial charge in [-0.1, -0.05) is 12.1 Å². The summed E-state index contributed by atoms with van der Waals surface area (Å²) in [6.45, 7) is 0. The lowest BCUT2D eigenvalue weighted by atomic mass is 10.1. The predicted octanol–water partition coefficient (Wildman–Crippen LogP) is 2.95. The van der Waals surface area contributed by atoms with Gasteiger partial charge in [-0.25, -0.2) is 9.37 Å². The van der Waals surface area contributed by atoms with Crippen molar-refractivity contribution >= 4 is 11.9 Å². The number of halogens is 1. The Kier molecular flexibility index (Phi) is 2.41. The molecule has 0 spiro atoms. The van der Waals surface area contributed by atoms with Crippen LogP contribution in [0.4, 0.5) is 4.39 Å². The van der Waals surface area contributed by atoms with Crippen molar-refractivity contribution in [2.24, 2.45) is 0 Å². The molecule has 88 valence electrons. The SMILES string of the molecule is O=Cc1cnc2ccc(-c3ccc(F)cc3)cn12. The van der Waals surface area contributed by atoms with Crippen LogP contribution in [-0.2, 0) is 0 Å². The van der Waals surface area contributed by atoms with Crippen molar-refractivity contribution in [1.29, 1.82) is 0 Å². The summed E-state index contributed by atoms with van der Waals surface area (Å²) < 4.78 is 14.6. The van der Waals surface area contributed by atoms with E-state index in [-0.39, 0.29) is 5.82 Å². The third-order valence-electron chi connectivity index (χ3n) is 2.83. The topological polar surface area (TPSA) is 34.4 Å². The number of aromatic nitrogens is 2. The van der Waals surface area contributed by atoms with Crippen molar-refractivity contribution in [2.45, 2.75) is 0 Å². The summed E-state index contributed by atoms with van der Waals surface area (Å²) in [5, 5.41) is 0. The van der Waals surface area contributed by atoms with Crippen LogP contribution in [0.3, 0.4) is 0 Å². The van der Waals surface area contributed by atoms with E-state index in [1.54, 1.807) is 16.5 Å². The van der Waals surface area contributed by atoms with Crippen LogP contribution in [0.25, 0.3) is 16.8 Å². The molecule has 0 fully saturated rings. The molecule has 0 atom stereocenters. The minimum atomic E-state index is -0.268. The number of hydrogen-bond donors (Lipinski definition) is 0. The Bertz CT molecular complexity index is 716. The van der Waals surface area contributed by atoms with E-state index in [4.69, 9.17) is 0 Å². The van der Waals surface area contributed by atoms with Gasteiger partial charge >= 0.3 is 0 Å². The maximum Gasteiger partial charge on any atom is 0.168 e. The fraction of sp³-hybridized carbons (Fsp3) is 0. The zero-order valence-electron chi connectivity index (χ0n) is 9.38. The van der Waals surface area contributed by atoms with Crippen molar-refractivity contribution in [2.75, 3.05) is 0 Å². The fourth-order valence-electron chi connectivity index (χ4n) is 1.90. The Hall–Kier alpha value is -2.49. The van der Waals surface area contributed by atoms with E-state index >= 15 is 0 Å². The molecule has 1 aromatic carbocycles. The van der Waals surface area contributed by atoms with E-state index in [0.717, 1.165) is 17.4 Å². The number of pyridine rings is 1. The van der Waals surface area contributed by atoms with E-state index in [0.29, 0.717) is 11.3 Å². The third-order valence-corrected chi connectivity index (χ3v) is 2.83. The number of imidazole rings is 1. The average Bonchev–Trinajstić information content (AvgIpc) is 2.81. The van der Waals surface area contributed by atoms with E-state index in [1.165, 1.54) is 18.3 Å². The Balaban J connectivity index is 2.17. The molecule has 4 heteroatoms. The second kappa shape index (κ2) is 4.07. The molecule has 0 unspecified atom stereocenters. The predicted molar refractivity (Wildman–Crippen MR) is 66.0 cm³/mol. The summed E-state index contributed by atoms with van der Waals surface area (Å²) in [5.41, 5.74) is 3.00. The number of fused-ring (bicyclic) bond motifs is 1. The van der Waals surface area contributed by atoms with E-state index in [1.807, 2.05) is 18.3 Å². The van der Waals surface area contributed by atoms with Crippen LogP contribution in [0.15, 0.2) is 48.8 Å². The molecule has 0 aliphatic carbocycles. The third kappa shape index (κ3) is 1.68. The van der Waals surface area contributed by atoms with Gasteiger partial charge in [0.1, 0.15) is 17.2 Å². The van der Waals surface area contributed by atoms with Gasteiger partial charge in [-0.15, -0.1) is 0 Å². The summed E-state index contributed by atoms with van der Waals surface area (Å²) in [6, 6.07) is 9.94. The van der Waals surface area contributed by atoms with E-state index < -0.39 is 0 Å². The molecule has 2 aromatic heterocycles.